The maximum absolute atomic E-state index is 6.31. The van der Waals surface area contributed by atoms with Crippen molar-refractivity contribution in [2.24, 2.45) is 23.7 Å². The molecule has 4 fully saturated rings. The molecule has 4 aliphatic rings. The van der Waals surface area contributed by atoms with E-state index in [9.17, 15) is 0 Å². The van der Waals surface area contributed by atoms with Gasteiger partial charge in [0.2, 0.25) is 0 Å². The highest BCUT2D eigenvalue weighted by molar-refractivity contribution is 8.00. The molecule has 2 heteroatoms. The standard InChI is InChI=1S/C23H32OS/c1-5-24-22(17-7-6-8-20(14-17)25-23(2,3)4)21-18-10-15-9-16(12-18)13-19(21)11-15/h6-8,14-16,18-19H,5,9-13H2,1-4H3. The van der Waals surface area contributed by atoms with Gasteiger partial charge in [0.15, 0.2) is 0 Å². The van der Waals surface area contributed by atoms with Crippen LogP contribution in [0.5, 0.6) is 0 Å². The largest absolute Gasteiger partial charge is 0.493 e. The van der Waals surface area contributed by atoms with Gasteiger partial charge < -0.3 is 4.74 Å². The van der Waals surface area contributed by atoms with Crippen molar-refractivity contribution < 1.29 is 4.74 Å². The Kier molecular flexibility index (Phi) is 4.68. The smallest absolute Gasteiger partial charge is 0.126 e. The first-order chi connectivity index (χ1) is 11.9. The fourth-order valence-corrected chi connectivity index (χ4v) is 6.63. The average Bonchev–Trinajstić information content (AvgIpc) is 2.51. The summed E-state index contributed by atoms with van der Waals surface area (Å²) in [6.07, 6.45) is 7.15. The van der Waals surface area contributed by atoms with Crippen LogP contribution in [0.15, 0.2) is 34.7 Å². The van der Waals surface area contributed by atoms with E-state index in [1.807, 2.05) is 11.8 Å². The van der Waals surface area contributed by atoms with Gasteiger partial charge in [-0.15, -0.1) is 11.8 Å². The van der Waals surface area contributed by atoms with Gasteiger partial charge in [-0.2, -0.15) is 0 Å². The van der Waals surface area contributed by atoms with Crippen LogP contribution in [-0.4, -0.2) is 11.4 Å². The van der Waals surface area contributed by atoms with Gasteiger partial charge in [-0.25, -0.2) is 0 Å². The van der Waals surface area contributed by atoms with Gasteiger partial charge >= 0.3 is 0 Å². The predicted molar refractivity (Wildman–Crippen MR) is 108 cm³/mol. The zero-order valence-corrected chi connectivity index (χ0v) is 17.0. The van der Waals surface area contributed by atoms with Crippen LogP contribution in [0.2, 0.25) is 0 Å². The molecule has 136 valence electrons. The quantitative estimate of drug-likeness (QED) is 0.434. The predicted octanol–water partition coefficient (Wildman–Crippen LogP) is 6.78. The van der Waals surface area contributed by atoms with Crippen LogP contribution in [0.1, 0.15) is 65.4 Å². The van der Waals surface area contributed by atoms with Crippen LogP contribution in [0.4, 0.5) is 0 Å². The lowest BCUT2D eigenvalue weighted by atomic mass is 9.54. The molecule has 0 aromatic heterocycles. The molecule has 0 amide bonds. The van der Waals surface area contributed by atoms with Gasteiger partial charge in [0.25, 0.3) is 0 Å². The lowest BCUT2D eigenvalue weighted by molar-refractivity contribution is 0.0668. The number of allylic oxidation sites excluding steroid dienone is 1. The van der Waals surface area contributed by atoms with Crippen LogP contribution >= 0.6 is 11.8 Å². The highest BCUT2D eigenvalue weighted by Crippen LogP contribution is 2.58. The van der Waals surface area contributed by atoms with Crippen LogP contribution in [0.25, 0.3) is 5.76 Å². The number of hydrogen-bond acceptors (Lipinski definition) is 2. The van der Waals surface area contributed by atoms with Crippen molar-refractivity contribution in [1.82, 2.24) is 0 Å². The van der Waals surface area contributed by atoms with Crippen molar-refractivity contribution in [3.63, 3.8) is 0 Å². The van der Waals surface area contributed by atoms with E-state index in [1.54, 1.807) is 5.57 Å². The number of rotatable bonds is 4. The summed E-state index contributed by atoms with van der Waals surface area (Å²) in [6.45, 7) is 9.74. The van der Waals surface area contributed by atoms with Gasteiger partial charge in [-0.1, -0.05) is 32.9 Å². The Bertz CT molecular complexity index is 637. The van der Waals surface area contributed by atoms with Crippen molar-refractivity contribution in [2.45, 2.75) is 69.4 Å². The third kappa shape index (κ3) is 3.65. The van der Waals surface area contributed by atoms with E-state index in [0.717, 1.165) is 30.3 Å². The summed E-state index contributed by atoms with van der Waals surface area (Å²) in [5.74, 6) is 4.80. The van der Waals surface area contributed by atoms with E-state index >= 15 is 0 Å². The van der Waals surface area contributed by atoms with Crippen molar-refractivity contribution in [3.8, 4) is 0 Å². The summed E-state index contributed by atoms with van der Waals surface area (Å²) < 4.78 is 6.55. The minimum Gasteiger partial charge on any atom is -0.493 e. The van der Waals surface area contributed by atoms with Crippen LogP contribution in [0, 0.1) is 23.7 Å². The molecule has 0 unspecified atom stereocenters. The van der Waals surface area contributed by atoms with Gasteiger partial charge in [-0.3, -0.25) is 0 Å². The fraction of sp³-hybridized carbons (Fsp3) is 0.652. The molecule has 0 saturated heterocycles. The first-order valence-electron chi connectivity index (χ1n) is 10.1. The molecule has 4 saturated carbocycles. The molecule has 4 bridgehead atoms. The molecule has 4 aliphatic carbocycles. The van der Waals surface area contributed by atoms with E-state index in [1.165, 1.54) is 48.3 Å². The summed E-state index contributed by atoms with van der Waals surface area (Å²) >= 11 is 1.95. The van der Waals surface area contributed by atoms with E-state index in [2.05, 4.69) is 52.0 Å². The lowest BCUT2D eigenvalue weighted by Gasteiger charge is -2.51. The molecule has 25 heavy (non-hydrogen) atoms. The molecule has 0 radical (unpaired) electrons. The molecule has 0 spiro atoms. The minimum absolute atomic E-state index is 0.236. The van der Waals surface area contributed by atoms with E-state index < -0.39 is 0 Å². The summed E-state index contributed by atoms with van der Waals surface area (Å²) in [7, 11) is 0. The monoisotopic (exact) mass is 356 g/mol. The van der Waals surface area contributed by atoms with E-state index in [4.69, 9.17) is 4.74 Å². The zero-order valence-electron chi connectivity index (χ0n) is 16.2. The summed E-state index contributed by atoms with van der Waals surface area (Å²) in [5, 5.41) is 0. The molecular weight excluding hydrogens is 324 g/mol. The molecule has 0 aliphatic heterocycles. The number of hydrogen-bond donors (Lipinski definition) is 0. The Labute approximate surface area is 157 Å². The molecule has 0 N–H and O–H groups in total. The van der Waals surface area contributed by atoms with E-state index in [0.29, 0.717) is 0 Å². The van der Waals surface area contributed by atoms with Gasteiger partial charge in [0.1, 0.15) is 5.76 Å². The first-order valence-corrected chi connectivity index (χ1v) is 10.9. The second-order valence-electron chi connectivity index (χ2n) is 9.26. The molecule has 0 heterocycles. The van der Waals surface area contributed by atoms with Crippen molar-refractivity contribution >= 4 is 17.5 Å². The van der Waals surface area contributed by atoms with Gasteiger partial charge in [-0.05, 0) is 80.4 Å². The maximum atomic E-state index is 6.31. The number of thioether (sulfide) groups is 1. The molecule has 1 nitrogen and oxygen atoms in total. The normalized spacial score (nSPS) is 30.6. The minimum atomic E-state index is 0.236. The SMILES string of the molecule is CCOC(=C1C2CC3CC(C2)CC1C3)c1cccc(SC(C)(C)C)c1. The zero-order chi connectivity index (χ0) is 17.6. The Morgan fingerprint density at radius 3 is 2.24 bits per heavy atom. The molecular formula is C23H32OS. The Hall–Kier alpha value is -0.890. The summed E-state index contributed by atoms with van der Waals surface area (Å²) in [6, 6.07) is 9.07. The van der Waals surface area contributed by atoms with Crippen LogP contribution in [0.3, 0.4) is 0 Å². The fourth-order valence-electron chi connectivity index (χ4n) is 5.59. The molecule has 1 aromatic rings. The third-order valence-corrected chi connectivity index (χ3v) is 7.19. The molecule has 1 aromatic carbocycles. The van der Waals surface area contributed by atoms with Crippen LogP contribution in [-0.2, 0) is 4.74 Å². The summed E-state index contributed by atoms with van der Waals surface area (Å²) in [5.41, 5.74) is 2.98. The highest BCUT2D eigenvalue weighted by Gasteiger charge is 2.46. The first kappa shape index (κ1) is 17.5. The maximum Gasteiger partial charge on any atom is 0.126 e. The Morgan fingerprint density at radius 1 is 1.04 bits per heavy atom. The Balaban J connectivity index is 1.71. The highest BCUT2D eigenvalue weighted by atomic mass is 32.2. The topological polar surface area (TPSA) is 9.23 Å². The van der Waals surface area contributed by atoms with Crippen molar-refractivity contribution in [2.75, 3.05) is 6.61 Å². The van der Waals surface area contributed by atoms with Gasteiger partial charge in [0.05, 0.1) is 6.61 Å². The van der Waals surface area contributed by atoms with Crippen molar-refractivity contribution in [3.05, 3.63) is 35.4 Å². The molecule has 0 atom stereocenters. The second-order valence-corrected chi connectivity index (χ2v) is 11.2. The lowest BCUT2D eigenvalue weighted by Crippen LogP contribution is -2.41. The third-order valence-electron chi connectivity index (χ3n) is 6.09. The molecule has 5 rings (SSSR count). The number of ether oxygens (including phenoxy) is 1. The van der Waals surface area contributed by atoms with E-state index in [-0.39, 0.29) is 4.75 Å². The number of benzene rings is 1. The van der Waals surface area contributed by atoms with Crippen molar-refractivity contribution in [1.29, 1.82) is 0 Å². The van der Waals surface area contributed by atoms with Crippen LogP contribution < -0.4 is 0 Å². The average molecular weight is 357 g/mol. The second kappa shape index (κ2) is 6.68. The summed E-state index contributed by atoms with van der Waals surface area (Å²) in [4.78, 5) is 1.35. The Morgan fingerprint density at radius 2 is 1.68 bits per heavy atom. The van der Waals surface area contributed by atoms with Gasteiger partial charge in [0, 0.05) is 15.2 Å².